The Morgan fingerprint density at radius 2 is 1.81 bits per heavy atom. The van der Waals surface area contributed by atoms with Crippen LogP contribution in [0.5, 0.6) is 0 Å². The predicted molar refractivity (Wildman–Crippen MR) is 115 cm³/mol. The number of hydrogen-bond acceptors (Lipinski definition) is 5. The van der Waals surface area contributed by atoms with Gasteiger partial charge < -0.3 is 9.80 Å². The van der Waals surface area contributed by atoms with E-state index in [9.17, 15) is 14.0 Å². The van der Waals surface area contributed by atoms with Crippen molar-refractivity contribution in [2.45, 2.75) is 20.8 Å². The molecule has 1 aliphatic heterocycles. The summed E-state index contributed by atoms with van der Waals surface area (Å²) >= 11 is 0. The number of piperazine rings is 1. The van der Waals surface area contributed by atoms with Crippen LogP contribution in [0.25, 0.3) is 11.3 Å². The van der Waals surface area contributed by atoms with E-state index in [1.165, 1.54) is 13.0 Å². The molecule has 1 amide bonds. The number of halogens is 1. The first-order valence-corrected chi connectivity index (χ1v) is 10.2. The molecule has 1 aromatic carbocycles. The molecule has 31 heavy (non-hydrogen) atoms. The van der Waals surface area contributed by atoms with Crippen molar-refractivity contribution in [1.82, 2.24) is 24.9 Å². The predicted octanol–water partition coefficient (Wildman–Crippen LogP) is 2.73. The monoisotopic (exact) mass is 424 g/mol. The minimum Gasteiger partial charge on any atom is -0.366 e. The van der Waals surface area contributed by atoms with Gasteiger partial charge >= 0.3 is 0 Å². The molecule has 0 spiro atoms. The molecular weight excluding hydrogens is 399 g/mol. The number of carbonyl (C=O) groups excluding carboxylic acids is 2. The van der Waals surface area contributed by atoms with Crippen LogP contribution in [0.3, 0.4) is 0 Å². The van der Waals surface area contributed by atoms with E-state index in [4.69, 9.17) is 0 Å². The zero-order chi connectivity index (χ0) is 22.3. The highest BCUT2D eigenvalue weighted by atomic mass is 19.1. The number of rotatable bonds is 4. The fraction of sp³-hybridized carbons (Fsp3) is 0.364. The number of ketones is 1. The average Bonchev–Trinajstić information content (AvgIpc) is 3.31. The van der Waals surface area contributed by atoms with Crippen LogP contribution in [0.1, 0.15) is 39.2 Å². The maximum absolute atomic E-state index is 14.5. The summed E-state index contributed by atoms with van der Waals surface area (Å²) in [6.07, 6.45) is 0. The SMILES string of the molecule is CC(=O)c1ccc(N2CCN(C(=O)c3cc(-c4c(C)nn(C)c4C)n[nH]3)CC2)c(F)c1. The molecule has 8 nitrogen and oxygen atoms in total. The van der Waals surface area contributed by atoms with E-state index in [0.29, 0.717) is 48.8 Å². The van der Waals surface area contributed by atoms with Gasteiger partial charge in [0.2, 0.25) is 0 Å². The van der Waals surface area contributed by atoms with Gasteiger partial charge in [-0.3, -0.25) is 19.4 Å². The summed E-state index contributed by atoms with van der Waals surface area (Å²) in [5, 5.41) is 11.6. The van der Waals surface area contributed by atoms with Crippen LogP contribution in [-0.2, 0) is 7.05 Å². The van der Waals surface area contributed by atoms with Crippen LogP contribution < -0.4 is 4.90 Å². The molecule has 0 aliphatic carbocycles. The summed E-state index contributed by atoms with van der Waals surface area (Å²) in [5.41, 5.74) is 4.67. The first kappa shape index (κ1) is 20.8. The number of amides is 1. The van der Waals surface area contributed by atoms with Crippen molar-refractivity contribution in [1.29, 1.82) is 0 Å². The fourth-order valence-corrected chi connectivity index (χ4v) is 4.01. The summed E-state index contributed by atoms with van der Waals surface area (Å²) < 4.78 is 16.2. The van der Waals surface area contributed by atoms with Gasteiger partial charge in [0.05, 0.1) is 17.1 Å². The number of H-pyrrole nitrogens is 1. The first-order valence-electron chi connectivity index (χ1n) is 10.2. The van der Waals surface area contributed by atoms with Gasteiger partial charge in [0, 0.05) is 50.0 Å². The van der Waals surface area contributed by atoms with Gasteiger partial charge in [-0.25, -0.2) is 4.39 Å². The highest BCUT2D eigenvalue weighted by molar-refractivity contribution is 5.95. The normalized spacial score (nSPS) is 14.2. The number of hydrogen-bond donors (Lipinski definition) is 1. The lowest BCUT2D eigenvalue weighted by Crippen LogP contribution is -2.49. The minimum absolute atomic E-state index is 0.134. The highest BCUT2D eigenvalue weighted by Gasteiger charge is 2.26. The number of carbonyl (C=O) groups is 2. The number of aromatic nitrogens is 4. The highest BCUT2D eigenvalue weighted by Crippen LogP contribution is 2.26. The molecule has 0 unspecified atom stereocenters. The molecule has 3 heterocycles. The molecule has 1 fully saturated rings. The van der Waals surface area contributed by atoms with E-state index in [1.54, 1.807) is 27.8 Å². The topological polar surface area (TPSA) is 87.1 Å². The summed E-state index contributed by atoms with van der Waals surface area (Å²) in [4.78, 5) is 28.0. The summed E-state index contributed by atoms with van der Waals surface area (Å²) in [6, 6.07) is 6.28. The van der Waals surface area contributed by atoms with Crippen molar-refractivity contribution >= 4 is 17.4 Å². The lowest BCUT2D eigenvalue weighted by Gasteiger charge is -2.36. The molecule has 1 aliphatic rings. The first-order chi connectivity index (χ1) is 14.8. The van der Waals surface area contributed by atoms with Crippen molar-refractivity contribution in [3.63, 3.8) is 0 Å². The van der Waals surface area contributed by atoms with Crippen LogP contribution in [0.2, 0.25) is 0 Å². The van der Waals surface area contributed by atoms with E-state index in [1.807, 2.05) is 25.8 Å². The number of aromatic amines is 1. The number of aryl methyl sites for hydroxylation is 2. The quantitative estimate of drug-likeness (QED) is 0.651. The van der Waals surface area contributed by atoms with Crippen LogP contribution in [0, 0.1) is 19.7 Å². The molecule has 2 aromatic heterocycles. The summed E-state index contributed by atoms with van der Waals surface area (Å²) in [5.74, 6) is -0.727. The van der Waals surface area contributed by atoms with Crippen LogP contribution in [0.15, 0.2) is 24.3 Å². The maximum atomic E-state index is 14.5. The van der Waals surface area contributed by atoms with Gasteiger partial charge in [0.25, 0.3) is 5.91 Å². The van der Waals surface area contributed by atoms with E-state index in [0.717, 1.165) is 17.0 Å². The number of anilines is 1. The van der Waals surface area contributed by atoms with Gasteiger partial charge in [0.1, 0.15) is 11.5 Å². The Balaban J connectivity index is 1.44. The van der Waals surface area contributed by atoms with Gasteiger partial charge in [-0.1, -0.05) is 0 Å². The molecule has 9 heteroatoms. The van der Waals surface area contributed by atoms with Crippen molar-refractivity contribution in [3.8, 4) is 11.3 Å². The molecule has 0 bridgehead atoms. The van der Waals surface area contributed by atoms with Gasteiger partial charge in [-0.05, 0) is 45.0 Å². The van der Waals surface area contributed by atoms with Gasteiger partial charge in [0.15, 0.2) is 5.78 Å². The number of nitrogens with one attached hydrogen (secondary N) is 1. The van der Waals surface area contributed by atoms with Crippen molar-refractivity contribution in [3.05, 3.63) is 52.7 Å². The third kappa shape index (κ3) is 3.83. The minimum atomic E-state index is -0.423. The zero-order valence-corrected chi connectivity index (χ0v) is 18.1. The Labute approximate surface area is 179 Å². The number of nitrogens with zero attached hydrogens (tertiary/aromatic N) is 5. The Morgan fingerprint density at radius 3 is 2.39 bits per heavy atom. The van der Waals surface area contributed by atoms with Crippen LogP contribution in [-0.4, -0.2) is 62.7 Å². The molecule has 0 radical (unpaired) electrons. The zero-order valence-electron chi connectivity index (χ0n) is 18.1. The standard InChI is InChI=1S/C22H25FN6O2/c1-13-21(14(2)27(4)26-13)18-12-19(25-24-18)22(31)29-9-7-28(8-10-29)20-6-5-16(15(3)30)11-17(20)23/h5-6,11-12H,7-10H2,1-4H3,(H,24,25). The van der Waals surface area contributed by atoms with E-state index >= 15 is 0 Å². The average molecular weight is 424 g/mol. The Kier molecular flexibility index (Phi) is 5.34. The molecular formula is C22H25FN6O2. The van der Waals surface area contributed by atoms with Gasteiger partial charge in [-0.15, -0.1) is 0 Å². The second-order valence-corrected chi connectivity index (χ2v) is 7.84. The maximum Gasteiger partial charge on any atom is 0.272 e. The van der Waals surface area contributed by atoms with Crippen molar-refractivity contribution in [2.75, 3.05) is 31.1 Å². The van der Waals surface area contributed by atoms with Crippen LogP contribution in [0.4, 0.5) is 10.1 Å². The van der Waals surface area contributed by atoms with Crippen LogP contribution >= 0.6 is 0 Å². The largest absolute Gasteiger partial charge is 0.366 e. The molecule has 0 atom stereocenters. The second kappa shape index (κ2) is 7.98. The Bertz CT molecular complexity index is 1160. The lowest BCUT2D eigenvalue weighted by atomic mass is 10.1. The molecule has 1 saturated heterocycles. The summed E-state index contributed by atoms with van der Waals surface area (Å²) in [7, 11) is 1.88. The Morgan fingerprint density at radius 1 is 1.10 bits per heavy atom. The number of Topliss-reactive ketones (excluding diaryl/α,β-unsaturated/α-hetero) is 1. The van der Waals surface area contributed by atoms with E-state index < -0.39 is 5.82 Å². The van der Waals surface area contributed by atoms with Crippen molar-refractivity contribution < 1.29 is 14.0 Å². The Hall–Kier alpha value is -3.49. The second-order valence-electron chi connectivity index (χ2n) is 7.84. The molecule has 4 rings (SSSR count). The molecule has 162 valence electrons. The van der Waals surface area contributed by atoms with Crippen molar-refractivity contribution in [2.24, 2.45) is 7.05 Å². The molecule has 1 N–H and O–H groups in total. The fourth-order valence-electron chi connectivity index (χ4n) is 4.01. The smallest absolute Gasteiger partial charge is 0.272 e. The third-order valence-electron chi connectivity index (χ3n) is 5.84. The van der Waals surface area contributed by atoms with E-state index in [2.05, 4.69) is 15.3 Å². The molecule has 0 saturated carbocycles. The third-order valence-corrected chi connectivity index (χ3v) is 5.84. The lowest BCUT2D eigenvalue weighted by molar-refractivity contribution is 0.0740. The van der Waals surface area contributed by atoms with E-state index in [-0.39, 0.29) is 11.7 Å². The number of benzene rings is 1. The summed E-state index contributed by atoms with van der Waals surface area (Å²) in [6.45, 7) is 7.23. The van der Waals surface area contributed by atoms with Gasteiger partial charge in [-0.2, -0.15) is 10.2 Å². The molecule has 3 aromatic rings.